The maximum absolute atomic E-state index is 13.2. The van der Waals surface area contributed by atoms with E-state index in [2.05, 4.69) is 15.5 Å². The van der Waals surface area contributed by atoms with E-state index < -0.39 is 0 Å². The molecule has 2 amide bonds. The van der Waals surface area contributed by atoms with Crippen LogP contribution in [0.3, 0.4) is 0 Å². The number of amides is 2. The van der Waals surface area contributed by atoms with Crippen LogP contribution in [0, 0.1) is 0 Å². The molecule has 1 N–H and O–H groups in total. The highest BCUT2D eigenvalue weighted by Gasteiger charge is 2.45. The molecule has 3 aromatic rings. The highest BCUT2D eigenvalue weighted by Crippen LogP contribution is 2.41. The van der Waals surface area contributed by atoms with Gasteiger partial charge in [0.25, 0.3) is 5.91 Å². The Balaban J connectivity index is 1.20. The van der Waals surface area contributed by atoms with Crippen LogP contribution in [0.4, 0.5) is 0 Å². The van der Waals surface area contributed by atoms with Crippen molar-refractivity contribution in [2.45, 2.75) is 63.5 Å². The van der Waals surface area contributed by atoms with E-state index in [-0.39, 0.29) is 17.4 Å². The van der Waals surface area contributed by atoms with Crippen LogP contribution < -0.4 is 5.32 Å². The maximum atomic E-state index is 13.2. The monoisotopic (exact) mass is 431 g/mol. The molecule has 1 fully saturated rings. The molecule has 32 heavy (non-hydrogen) atoms. The lowest BCUT2D eigenvalue weighted by Gasteiger charge is -2.44. The van der Waals surface area contributed by atoms with Crippen LogP contribution in [0.15, 0.2) is 48.7 Å². The van der Waals surface area contributed by atoms with Gasteiger partial charge in [-0.2, -0.15) is 0 Å². The zero-order valence-electron chi connectivity index (χ0n) is 18.3. The number of fused-ring (bicyclic) bond motifs is 2. The lowest BCUT2D eigenvalue weighted by molar-refractivity contribution is -0.124. The third kappa shape index (κ3) is 3.87. The lowest BCUT2D eigenvalue weighted by atomic mass is 9.77. The first-order valence-electron chi connectivity index (χ1n) is 11.6. The molecular formula is C25H29N5O2. The molecule has 5 rings (SSSR count). The number of carbonyl (C=O) groups excluding carboxylic acids is 2. The number of benzene rings is 1. The first-order chi connectivity index (χ1) is 15.7. The molecule has 2 aromatic heterocycles. The van der Waals surface area contributed by atoms with Gasteiger partial charge in [-0.1, -0.05) is 43.5 Å². The minimum atomic E-state index is -0.373. The molecule has 0 saturated heterocycles. The van der Waals surface area contributed by atoms with Crippen molar-refractivity contribution in [2.75, 3.05) is 6.54 Å². The van der Waals surface area contributed by atoms with Crippen LogP contribution >= 0.6 is 0 Å². The van der Waals surface area contributed by atoms with Crippen molar-refractivity contribution in [3.05, 3.63) is 65.6 Å². The van der Waals surface area contributed by atoms with Crippen molar-refractivity contribution >= 4 is 17.5 Å². The summed E-state index contributed by atoms with van der Waals surface area (Å²) in [5.41, 5.74) is 2.32. The fourth-order valence-electron chi connectivity index (χ4n) is 5.29. The maximum Gasteiger partial charge on any atom is 0.254 e. The largest absolute Gasteiger partial charge is 0.356 e. The molecular weight excluding hydrogens is 402 g/mol. The average Bonchev–Trinajstić information content (AvgIpc) is 3.39. The van der Waals surface area contributed by atoms with Gasteiger partial charge in [-0.05, 0) is 43.0 Å². The van der Waals surface area contributed by atoms with Gasteiger partial charge < -0.3 is 10.2 Å². The van der Waals surface area contributed by atoms with Gasteiger partial charge >= 0.3 is 0 Å². The summed E-state index contributed by atoms with van der Waals surface area (Å²) in [4.78, 5) is 28.1. The van der Waals surface area contributed by atoms with Crippen molar-refractivity contribution in [3.8, 4) is 0 Å². The van der Waals surface area contributed by atoms with Crippen molar-refractivity contribution in [1.29, 1.82) is 0 Å². The van der Waals surface area contributed by atoms with Gasteiger partial charge in [0.15, 0.2) is 5.65 Å². The topological polar surface area (TPSA) is 79.6 Å². The predicted octanol–water partition coefficient (Wildman–Crippen LogP) is 3.53. The summed E-state index contributed by atoms with van der Waals surface area (Å²) >= 11 is 0. The minimum Gasteiger partial charge on any atom is -0.356 e. The fraction of sp³-hybridized carbons (Fsp3) is 0.440. The molecule has 0 bridgehead atoms. The summed E-state index contributed by atoms with van der Waals surface area (Å²) in [6, 6.07) is 13.7. The SMILES string of the molecule is O=C(CC1(N2Cc3ccccc3C2=O)CCCCC1)NCCCc1nnc2ccccn12. The molecule has 3 heterocycles. The number of nitrogens with zero attached hydrogens (tertiary/aromatic N) is 4. The Kier molecular flexibility index (Phi) is 5.64. The van der Waals surface area contributed by atoms with E-state index in [9.17, 15) is 9.59 Å². The molecule has 166 valence electrons. The van der Waals surface area contributed by atoms with Crippen molar-refractivity contribution in [3.63, 3.8) is 0 Å². The summed E-state index contributed by atoms with van der Waals surface area (Å²) in [6.07, 6.45) is 8.96. The standard InChI is InChI=1S/C25H29N5O2/c31-23(26-15-8-12-22-28-27-21-11-4-7-16-29(21)22)17-25(13-5-1-6-14-25)30-18-19-9-2-3-10-20(19)24(30)32/h2-4,7,9-11,16H,1,5-6,8,12-15,17-18H2,(H,26,31). The van der Waals surface area contributed by atoms with Crippen LogP contribution in [0.2, 0.25) is 0 Å². The zero-order valence-corrected chi connectivity index (χ0v) is 18.3. The Labute approximate surface area is 187 Å². The average molecular weight is 432 g/mol. The van der Waals surface area contributed by atoms with E-state index >= 15 is 0 Å². The normalized spacial score (nSPS) is 17.5. The van der Waals surface area contributed by atoms with Crippen LogP contribution in [-0.2, 0) is 17.8 Å². The highest BCUT2D eigenvalue weighted by atomic mass is 16.2. The second kappa shape index (κ2) is 8.73. The second-order valence-corrected chi connectivity index (χ2v) is 9.01. The number of carbonyl (C=O) groups is 2. The third-order valence-corrected chi connectivity index (χ3v) is 6.95. The van der Waals surface area contributed by atoms with Crippen LogP contribution in [0.5, 0.6) is 0 Å². The van der Waals surface area contributed by atoms with Gasteiger partial charge in [0.1, 0.15) is 5.82 Å². The molecule has 1 aromatic carbocycles. The van der Waals surface area contributed by atoms with Crippen LogP contribution in [0.25, 0.3) is 5.65 Å². The van der Waals surface area contributed by atoms with E-state index in [1.165, 1.54) is 6.42 Å². The van der Waals surface area contributed by atoms with E-state index in [1.807, 2.05) is 58.0 Å². The van der Waals surface area contributed by atoms with Crippen molar-refractivity contribution in [2.24, 2.45) is 0 Å². The van der Waals surface area contributed by atoms with E-state index in [0.29, 0.717) is 19.5 Å². The van der Waals surface area contributed by atoms with Gasteiger partial charge in [0.2, 0.25) is 5.91 Å². The number of aromatic nitrogens is 3. The first kappa shape index (κ1) is 20.7. The number of hydrogen-bond donors (Lipinski definition) is 1. The molecule has 0 unspecified atom stereocenters. The lowest BCUT2D eigenvalue weighted by Crippen LogP contribution is -2.52. The Morgan fingerprint density at radius 3 is 2.69 bits per heavy atom. The number of nitrogens with one attached hydrogen (secondary N) is 1. The Bertz CT molecular complexity index is 1130. The minimum absolute atomic E-state index is 0.0294. The smallest absolute Gasteiger partial charge is 0.254 e. The van der Waals surface area contributed by atoms with E-state index in [0.717, 1.165) is 61.1 Å². The van der Waals surface area contributed by atoms with Gasteiger partial charge in [-0.3, -0.25) is 14.0 Å². The molecule has 7 nitrogen and oxygen atoms in total. The van der Waals surface area contributed by atoms with Gasteiger partial charge in [-0.25, -0.2) is 0 Å². The molecule has 0 spiro atoms. The third-order valence-electron chi connectivity index (χ3n) is 6.95. The number of aryl methyl sites for hydroxylation is 1. The number of hydrogen-bond acceptors (Lipinski definition) is 4. The molecule has 0 atom stereocenters. The number of rotatable bonds is 7. The molecule has 1 saturated carbocycles. The van der Waals surface area contributed by atoms with Crippen LogP contribution in [0.1, 0.15) is 66.7 Å². The van der Waals surface area contributed by atoms with Gasteiger partial charge in [0.05, 0.1) is 5.54 Å². The Hall–Kier alpha value is -3.22. The Morgan fingerprint density at radius 1 is 1.03 bits per heavy atom. The zero-order chi connectivity index (χ0) is 22.0. The van der Waals surface area contributed by atoms with Gasteiger partial charge in [-0.15, -0.1) is 10.2 Å². The van der Waals surface area contributed by atoms with Crippen molar-refractivity contribution in [1.82, 2.24) is 24.8 Å². The fourth-order valence-corrected chi connectivity index (χ4v) is 5.29. The summed E-state index contributed by atoms with van der Waals surface area (Å²) in [5.74, 6) is 1.01. The second-order valence-electron chi connectivity index (χ2n) is 9.01. The predicted molar refractivity (Wildman–Crippen MR) is 121 cm³/mol. The summed E-state index contributed by atoms with van der Waals surface area (Å²) < 4.78 is 1.98. The molecule has 1 aliphatic carbocycles. The molecule has 2 aliphatic rings. The van der Waals surface area contributed by atoms with E-state index in [1.54, 1.807) is 0 Å². The Morgan fingerprint density at radius 2 is 1.84 bits per heavy atom. The van der Waals surface area contributed by atoms with Crippen LogP contribution in [-0.4, -0.2) is 43.4 Å². The quantitative estimate of drug-likeness (QED) is 0.581. The highest BCUT2D eigenvalue weighted by molar-refractivity contribution is 5.99. The number of pyridine rings is 1. The molecule has 0 radical (unpaired) electrons. The summed E-state index contributed by atoms with van der Waals surface area (Å²) in [7, 11) is 0. The summed E-state index contributed by atoms with van der Waals surface area (Å²) in [5, 5.41) is 11.5. The van der Waals surface area contributed by atoms with Gasteiger partial charge in [0, 0.05) is 37.7 Å². The van der Waals surface area contributed by atoms with E-state index in [4.69, 9.17) is 0 Å². The molecule has 1 aliphatic heterocycles. The summed E-state index contributed by atoms with van der Waals surface area (Å²) in [6.45, 7) is 1.20. The first-order valence-corrected chi connectivity index (χ1v) is 11.6. The van der Waals surface area contributed by atoms with Crippen molar-refractivity contribution < 1.29 is 9.59 Å². The molecule has 7 heteroatoms.